The summed E-state index contributed by atoms with van der Waals surface area (Å²) in [5.41, 5.74) is 3.66. The summed E-state index contributed by atoms with van der Waals surface area (Å²) in [4.78, 5) is 18.4. The second kappa shape index (κ2) is 12.8. The van der Waals surface area contributed by atoms with Gasteiger partial charge in [0.25, 0.3) is 0 Å². The summed E-state index contributed by atoms with van der Waals surface area (Å²) in [6, 6.07) is 12.2. The average molecular weight is 651 g/mol. The molecule has 1 aromatic heterocycles. The lowest BCUT2D eigenvalue weighted by molar-refractivity contribution is 0.205. The third-order valence-electron chi connectivity index (χ3n) is 11.6. The lowest BCUT2D eigenvalue weighted by Crippen LogP contribution is -2.43. The van der Waals surface area contributed by atoms with Crippen molar-refractivity contribution in [3.05, 3.63) is 46.6 Å². The van der Waals surface area contributed by atoms with Crippen LogP contribution in [0.4, 0.5) is 11.4 Å². The van der Waals surface area contributed by atoms with Crippen LogP contribution in [0.5, 0.6) is 0 Å². The molecule has 0 spiro atoms. The minimum Gasteiger partial charge on any atom is -0.456 e. The molecule has 5 rings (SSSR count). The molecular weight excluding hydrogens is 593 g/mol. The van der Waals surface area contributed by atoms with Crippen LogP contribution in [0.25, 0.3) is 21.9 Å². The van der Waals surface area contributed by atoms with Crippen molar-refractivity contribution in [1.29, 1.82) is 0 Å². The van der Waals surface area contributed by atoms with Gasteiger partial charge in [0.2, 0.25) is 5.43 Å². The molecule has 2 aliphatic heterocycles. The molecule has 45 heavy (non-hydrogen) atoms. The number of fused-ring (bicyclic) bond motifs is 2. The topological polar surface area (TPSA) is 55.2 Å². The zero-order valence-electron chi connectivity index (χ0n) is 29.7. The normalized spacial score (nSPS) is 18.4. The maximum absolute atomic E-state index is 13.5. The van der Waals surface area contributed by atoms with Crippen LogP contribution in [0, 0.1) is 11.8 Å². The van der Waals surface area contributed by atoms with E-state index in [2.05, 4.69) is 102 Å². The quantitative estimate of drug-likeness (QED) is 0.179. The van der Waals surface area contributed by atoms with Gasteiger partial charge in [-0.3, -0.25) is 4.79 Å². The number of rotatable bonds is 8. The number of hydrogen-bond acceptors (Lipinski definition) is 6. The van der Waals surface area contributed by atoms with Crippen LogP contribution in [0.1, 0.15) is 67.2 Å². The average Bonchev–Trinajstić information content (AvgIpc) is 2.98. The van der Waals surface area contributed by atoms with Crippen molar-refractivity contribution in [3.63, 3.8) is 0 Å². The first-order valence-corrected chi connectivity index (χ1v) is 23.1. The molecule has 2 saturated heterocycles. The Balaban J connectivity index is 1.24. The van der Waals surface area contributed by atoms with Crippen LogP contribution in [0.15, 0.2) is 45.6 Å². The second-order valence-corrected chi connectivity index (χ2v) is 26.4. The van der Waals surface area contributed by atoms with E-state index < -0.39 is 16.6 Å². The minimum absolute atomic E-state index is 0.0484. The molecule has 0 saturated carbocycles. The predicted octanol–water partition coefficient (Wildman–Crippen LogP) is 9.42. The smallest absolute Gasteiger partial charge is 0.200 e. The van der Waals surface area contributed by atoms with Gasteiger partial charge in [-0.05, 0) is 98.0 Å². The molecular formula is C37H58N2O4Si2. The van der Waals surface area contributed by atoms with E-state index in [9.17, 15) is 4.79 Å². The number of anilines is 2. The van der Waals surface area contributed by atoms with Crippen molar-refractivity contribution < 1.29 is 13.3 Å². The predicted molar refractivity (Wildman–Crippen MR) is 196 cm³/mol. The molecule has 0 aliphatic carbocycles. The molecule has 2 fully saturated rings. The summed E-state index contributed by atoms with van der Waals surface area (Å²) in [5, 5.41) is 1.79. The lowest BCUT2D eigenvalue weighted by atomic mass is 9.97. The van der Waals surface area contributed by atoms with E-state index in [0.29, 0.717) is 33.8 Å². The number of piperidine rings is 2. The maximum atomic E-state index is 13.5. The zero-order chi connectivity index (χ0) is 32.8. The Bertz CT molecular complexity index is 1430. The summed E-state index contributed by atoms with van der Waals surface area (Å²) in [7, 11) is -3.45. The van der Waals surface area contributed by atoms with E-state index >= 15 is 0 Å². The first-order valence-electron chi connectivity index (χ1n) is 17.2. The Morgan fingerprint density at radius 2 is 1.02 bits per heavy atom. The van der Waals surface area contributed by atoms with Gasteiger partial charge in [0.1, 0.15) is 11.2 Å². The Hall–Kier alpha value is -2.14. The fourth-order valence-corrected chi connectivity index (χ4v) is 8.19. The molecule has 8 heteroatoms. The summed E-state index contributed by atoms with van der Waals surface area (Å²) in [6.07, 6.45) is 4.49. The van der Waals surface area contributed by atoms with Gasteiger partial charge in [-0.25, -0.2) is 0 Å². The Morgan fingerprint density at radius 3 is 1.36 bits per heavy atom. The summed E-state index contributed by atoms with van der Waals surface area (Å²) >= 11 is 0. The van der Waals surface area contributed by atoms with Gasteiger partial charge >= 0.3 is 0 Å². The van der Waals surface area contributed by atoms with E-state index in [1.54, 1.807) is 0 Å². The Kier molecular flexibility index (Phi) is 9.74. The summed E-state index contributed by atoms with van der Waals surface area (Å²) in [5.74, 6) is 1.21. The van der Waals surface area contributed by atoms with E-state index in [-0.39, 0.29) is 15.5 Å². The van der Waals surface area contributed by atoms with Crippen molar-refractivity contribution in [2.75, 3.05) is 49.2 Å². The molecule has 0 radical (unpaired) electrons. The number of benzene rings is 2. The van der Waals surface area contributed by atoms with Crippen LogP contribution in [0.3, 0.4) is 0 Å². The van der Waals surface area contributed by atoms with Crippen molar-refractivity contribution in [2.24, 2.45) is 11.8 Å². The van der Waals surface area contributed by atoms with Crippen LogP contribution in [-0.2, 0) is 8.85 Å². The Labute approximate surface area is 273 Å². The fraction of sp³-hybridized carbons (Fsp3) is 0.649. The standard InChI is InChI=1S/C37H58N2O4Si2/c1-36(2,3)44(7,8)41-25-27-15-19-38(20-16-27)29-11-13-31-33(23-29)43-34-24-30(12-14-32(34)35(31)40)39-21-17-28(18-22-39)26-42-45(9,10)37(4,5)6/h11-14,23-24,27-28H,15-22,25-26H2,1-10H3. The highest BCUT2D eigenvalue weighted by Gasteiger charge is 2.39. The van der Waals surface area contributed by atoms with Gasteiger partial charge < -0.3 is 23.1 Å². The highest BCUT2D eigenvalue weighted by molar-refractivity contribution is 6.74. The molecule has 2 aliphatic rings. The van der Waals surface area contributed by atoms with Crippen molar-refractivity contribution in [3.8, 4) is 0 Å². The molecule has 6 nitrogen and oxygen atoms in total. The van der Waals surface area contributed by atoms with E-state index in [1.807, 2.05) is 12.1 Å². The molecule has 2 aromatic carbocycles. The second-order valence-electron chi connectivity index (χ2n) is 16.8. The largest absolute Gasteiger partial charge is 0.456 e. The van der Waals surface area contributed by atoms with Crippen LogP contribution in [-0.4, -0.2) is 56.0 Å². The first kappa shape index (κ1) is 34.2. The van der Waals surface area contributed by atoms with E-state index in [0.717, 1.165) is 76.5 Å². The molecule has 3 aromatic rings. The van der Waals surface area contributed by atoms with Crippen molar-refractivity contribution >= 4 is 49.9 Å². The highest BCUT2D eigenvalue weighted by atomic mass is 28.4. The van der Waals surface area contributed by atoms with Gasteiger partial charge in [0, 0.05) is 62.9 Å². The van der Waals surface area contributed by atoms with Gasteiger partial charge in [0.15, 0.2) is 16.6 Å². The molecule has 0 bridgehead atoms. The van der Waals surface area contributed by atoms with Crippen LogP contribution < -0.4 is 15.2 Å². The fourth-order valence-electron chi connectivity index (χ4n) is 6.02. The van der Waals surface area contributed by atoms with Gasteiger partial charge in [-0.2, -0.15) is 0 Å². The monoisotopic (exact) mass is 650 g/mol. The number of nitrogens with zero attached hydrogens (tertiary/aromatic N) is 2. The van der Waals surface area contributed by atoms with Gasteiger partial charge in [0.05, 0.1) is 10.8 Å². The van der Waals surface area contributed by atoms with Gasteiger partial charge in [-0.15, -0.1) is 0 Å². The molecule has 0 N–H and O–H groups in total. The minimum atomic E-state index is -1.73. The first-order chi connectivity index (χ1) is 20.9. The van der Waals surface area contributed by atoms with Crippen LogP contribution >= 0.6 is 0 Å². The Morgan fingerprint density at radius 1 is 0.667 bits per heavy atom. The van der Waals surface area contributed by atoms with Crippen molar-refractivity contribution in [2.45, 2.75) is 103 Å². The van der Waals surface area contributed by atoms with E-state index in [1.165, 1.54) is 0 Å². The zero-order valence-corrected chi connectivity index (χ0v) is 31.7. The number of hydrogen-bond donors (Lipinski definition) is 0. The van der Waals surface area contributed by atoms with Gasteiger partial charge in [-0.1, -0.05) is 41.5 Å². The van der Waals surface area contributed by atoms with Crippen LogP contribution in [0.2, 0.25) is 36.3 Å². The SMILES string of the molecule is CC(C)(C)[Si](C)(C)OCC1CCN(c2ccc3c(=O)c4ccc(N5CCC(CO[Si](C)(C)C(C)(C)C)CC5)cc4oc3c2)CC1. The molecule has 0 atom stereocenters. The van der Waals surface area contributed by atoms with E-state index in [4.69, 9.17) is 13.3 Å². The molecule has 3 heterocycles. The third-order valence-corrected chi connectivity index (χ3v) is 20.6. The summed E-state index contributed by atoms with van der Waals surface area (Å²) in [6.45, 7) is 28.9. The maximum Gasteiger partial charge on any atom is 0.200 e. The third kappa shape index (κ3) is 7.55. The summed E-state index contributed by atoms with van der Waals surface area (Å²) < 4.78 is 19.5. The van der Waals surface area contributed by atoms with Crippen molar-refractivity contribution in [1.82, 2.24) is 0 Å². The molecule has 248 valence electrons. The molecule has 0 amide bonds. The molecule has 0 unspecified atom stereocenters. The highest BCUT2D eigenvalue weighted by Crippen LogP contribution is 2.39. The lowest BCUT2D eigenvalue weighted by Gasteiger charge is -2.39.